The molecule has 3 heterocycles. The molecular weight excluding hydrogens is 476 g/mol. The number of benzene rings is 6. The summed E-state index contributed by atoms with van der Waals surface area (Å²) in [5.41, 5.74) is 11.4. The van der Waals surface area contributed by atoms with Crippen LogP contribution in [0.5, 0.6) is 0 Å². The molecule has 3 heteroatoms. The van der Waals surface area contributed by atoms with Crippen LogP contribution in [0, 0.1) is 0 Å². The van der Waals surface area contributed by atoms with Gasteiger partial charge in [-0.25, -0.2) is 0 Å². The number of rotatable bonds is 2. The molecule has 8 aromatic rings. The van der Waals surface area contributed by atoms with Gasteiger partial charge in [-0.15, -0.1) is 0 Å². The van der Waals surface area contributed by atoms with E-state index in [4.69, 9.17) is 4.42 Å². The van der Waals surface area contributed by atoms with Crippen LogP contribution in [0.1, 0.15) is 0 Å². The van der Waals surface area contributed by atoms with Gasteiger partial charge >= 0.3 is 0 Å². The second-order valence-corrected chi connectivity index (χ2v) is 10.2. The molecule has 0 bridgehead atoms. The van der Waals surface area contributed by atoms with Crippen LogP contribution in [0.15, 0.2) is 138 Å². The molecule has 0 fully saturated rings. The van der Waals surface area contributed by atoms with Crippen molar-refractivity contribution in [3.8, 4) is 16.8 Å². The SMILES string of the molecule is c1ccc2c(c1)N(c1ccc(-c3ccc4oc5ccccc5c4c3)cc1)c1cccc3c4ccccc4n-2c13. The van der Waals surface area contributed by atoms with Gasteiger partial charge in [0.05, 0.1) is 28.1 Å². The zero-order valence-electron chi connectivity index (χ0n) is 21.0. The standard InChI is InChI=1S/C36H22N2O/c1-3-11-30-26(8-1)28-10-7-14-33-36(28)38(30)32-13-5-4-12-31(32)37(33)25-19-16-23(17-20-25)24-18-21-35-29(22-24)27-9-2-6-15-34(27)39-35/h1-22H. The number of anilines is 3. The number of para-hydroxylation sites is 5. The van der Waals surface area contributed by atoms with Crippen LogP contribution in [0.4, 0.5) is 17.1 Å². The van der Waals surface area contributed by atoms with Crippen LogP contribution in [0.3, 0.4) is 0 Å². The minimum absolute atomic E-state index is 0.921. The molecule has 1 aliphatic heterocycles. The zero-order chi connectivity index (χ0) is 25.5. The highest BCUT2D eigenvalue weighted by Gasteiger charge is 2.27. The fourth-order valence-corrected chi connectivity index (χ4v) is 6.39. The Morgan fingerprint density at radius 3 is 2.00 bits per heavy atom. The number of fused-ring (bicyclic) bond motifs is 8. The maximum atomic E-state index is 6.04. The van der Waals surface area contributed by atoms with Crippen molar-refractivity contribution >= 4 is 60.8 Å². The Labute approximate surface area is 224 Å². The van der Waals surface area contributed by atoms with Crippen molar-refractivity contribution in [2.24, 2.45) is 0 Å². The second-order valence-electron chi connectivity index (χ2n) is 10.2. The van der Waals surface area contributed by atoms with Gasteiger partial charge in [0.25, 0.3) is 0 Å². The first-order valence-electron chi connectivity index (χ1n) is 13.3. The third-order valence-electron chi connectivity index (χ3n) is 8.11. The Bertz CT molecular complexity index is 2230. The molecule has 0 atom stereocenters. The molecule has 0 amide bonds. The molecule has 39 heavy (non-hydrogen) atoms. The largest absolute Gasteiger partial charge is 0.456 e. The van der Waals surface area contributed by atoms with Crippen LogP contribution in [0.2, 0.25) is 0 Å². The first-order valence-corrected chi connectivity index (χ1v) is 13.3. The van der Waals surface area contributed by atoms with Crippen LogP contribution >= 0.6 is 0 Å². The Hall–Kier alpha value is -5.28. The Kier molecular flexibility index (Phi) is 4.05. The van der Waals surface area contributed by atoms with E-state index >= 15 is 0 Å². The van der Waals surface area contributed by atoms with Crippen molar-refractivity contribution in [2.75, 3.05) is 4.90 Å². The third kappa shape index (κ3) is 2.82. The molecule has 0 radical (unpaired) electrons. The number of furan rings is 1. The van der Waals surface area contributed by atoms with E-state index in [9.17, 15) is 0 Å². The van der Waals surface area contributed by atoms with Crippen LogP contribution in [-0.4, -0.2) is 4.57 Å². The summed E-state index contributed by atoms with van der Waals surface area (Å²) in [5.74, 6) is 0. The molecule has 182 valence electrons. The summed E-state index contributed by atoms with van der Waals surface area (Å²) in [6, 6.07) is 47.7. The molecule has 0 spiro atoms. The lowest BCUT2D eigenvalue weighted by Gasteiger charge is -2.33. The molecule has 9 rings (SSSR count). The predicted molar refractivity (Wildman–Crippen MR) is 162 cm³/mol. The fraction of sp³-hybridized carbons (Fsp3) is 0. The molecule has 6 aromatic carbocycles. The van der Waals surface area contributed by atoms with Crippen molar-refractivity contribution in [1.29, 1.82) is 0 Å². The summed E-state index contributed by atoms with van der Waals surface area (Å²) >= 11 is 0. The molecule has 3 nitrogen and oxygen atoms in total. The maximum Gasteiger partial charge on any atom is 0.135 e. The minimum Gasteiger partial charge on any atom is -0.456 e. The summed E-state index contributed by atoms with van der Waals surface area (Å²) in [6.07, 6.45) is 0. The van der Waals surface area contributed by atoms with Crippen molar-refractivity contribution in [2.45, 2.75) is 0 Å². The number of aromatic nitrogens is 1. The van der Waals surface area contributed by atoms with Gasteiger partial charge in [0.2, 0.25) is 0 Å². The van der Waals surface area contributed by atoms with E-state index in [0.717, 1.165) is 27.6 Å². The fourth-order valence-electron chi connectivity index (χ4n) is 6.39. The van der Waals surface area contributed by atoms with E-state index in [1.807, 2.05) is 12.1 Å². The van der Waals surface area contributed by atoms with Gasteiger partial charge in [-0.05, 0) is 65.7 Å². The molecule has 0 aliphatic carbocycles. The molecular formula is C36H22N2O. The second kappa shape index (κ2) is 7.62. The maximum absolute atomic E-state index is 6.04. The monoisotopic (exact) mass is 498 g/mol. The molecule has 2 aromatic heterocycles. The number of hydrogen-bond donors (Lipinski definition) is 0. The highest BCUT2D eigenvalue weighted by Crippen LogP contribution is 2.49. The van der Waals surface area contributed by atoms with Crippen molar-refractivity contribution in [1.82, 2.24) is 4.57 Å². The van der Waals surface area contributed by atoms with Crippen molar-refractivity contribution < 1.29 is 4.42 Å². The van der Waals surface area contributed by atoms with Gasteiger partial charge in [0, 0.05) is 27.2 Å². The normalized spacial score (nSPS) is 12.6. The number of hydrogen-bond acceptors (Lipinski definition) is 2. The summed E-state index contributed by atoms with van der Waals surface area (Å²) in [5, 5.41) is 4.86. The third-order valence-corrected chi connectivity index (χ3v) is 8.11. The van der Waals surface area contributed by atoms with Gasteiger partial charge in [0.15, 0.2) is 0 Å². The van der Waals surface area contributed by atoms with E-state index < -0.39 is 0 Å². The van der Waals surface area contributed by atoms with Gasteiger partial charge in [0.1, 0.15) is 11.2 Å². The summed E-state index contributed by atoms with van der Waals surface area (Å²) in [7, 11) is 0. The van der Waals surface area contributed by atoms with E-state index in [-0.39, 0.29) is 0 Å². The highest BCUT2D eigenvalue weighted by atomic mass is 16.3. The van der Waals surface area contributed by atoms with Crippen molar-refractivity contribution in [3.05, 3.63) is 133 Å². The molecule has 0 saturated carbocycles. The Morgan fingerprint density at radius 1 is 0.436 bits per heavy atom. The average molecular weight is 499 g/mol. The van der Waals surface area contributed by atoms with Gasteiger partial charge in [-0.3, -0.25) is 0 Å². The van der Waals surface area contributed by atoms with Gasteiger partial charge < -0.3 is 13.9 Å². The predicted octanol–water partition coefficient (Wildman–Crippen LogP) is 10.1. The summed E-state index contributed by atoms with van der Waals surface area (Å²) in [6.45, 7) is 0. The van der Waals surface area contributed by atoms with E-state index in [1.54, 1.807) is 0 Å². The van der Waals surface area contributed by atoms with E-state index in [2.05, 4.69) is 131 Å². The highest BCUT2D eigenvalue weighted by molar-refractivity contribution is 6.16. The van der Waals surface area contributed by atoms with Crippen LogP contribution < -0.4 is 4.90 Å². The van der Waals surface area contributed by atoms with Crippen LogP contribution in [0.25, 0.3) is 60.6 Å². The van der Waals surface area contributed by atoms with Crippen LogP contribution in [-0.2, 0) is 0 Å². The number of nitrogens with zero attached hydrogens (tertiary/aromatic N) is 2. The Morgan fingerprint density at radius 2 is 1.10 bits per heavy atom. The quantitative estimate of drug-likeness (QED) is 0.236. The summed E-state index contributed by atoms with van der Waals surface area (Å²) in [4.78, 5) is 2.40. The first-order chi connectivity index (χ1) is 19.3. The lowest BCUT2D eigenvalue weighted by Crippen LogP contribution is -2.17. The lowest BCUT2D eigenvalue weighted by atomic mass is 10.0. The molecule has 0 unspecified atom stereocenters. The molecule has 0 N–H and O–H groups in total. The van der Waals surface area contributed by atoms with E-state index in [1.165, 1.54) is 50.0 Å². The first kappa shape index (κ1) is 20.7. The van der Waals surface area contributed by atoms with E-state index in [0.29, 0.717) is 0 Å². The Balaban J connectivity index is 1.22. The van der Waals surface area contributed by atoms with Gasteiger partial charge in [-0.2, -0.15) is 0 Å². The van der Waals surface area contributed by atoms with Crippen molar-refractivity contribution in [3.63, 3.8) is 0 Å². The van der Waals surface area contributed by atoms with Gasteiger partial charge in [-0.1, -0.05) is 78.9 Å². The zero-order valence-corrected chi connectivity index (χ0v) is 21.0. The average Bonchev–Trinajstić information content (AvgIpc) is 3.54. The lowest BCUT2D eigenvalue weighted by molar-refractivity contribution is 0.669. The minimum atomic E-state index is 0.921. The summed E-state index contributed by atoms with van der Waals surface area (Å²) < 4.78 is 8.47. The smallest absolute Gasteiger partial charge is 0.135 e. The molecule has 1 aliphatic rings. The molecule has 0 saturated heterocycles. The topological polar surface area (TPSA) is 21.3 Å².